The number of ether oxygens (including phenoxy) is 2. The summed E-state index contributed by atoms with van der Waals surface area (Å²) < 4.78 is 14.4. The minimum Gasteiger partial charge on any atom is -0.462 e. The van der Waals surface area contributed by atoms with Gasteiger partial charge in [0.2, 0.25) is 0 Å². The maximum absolute atomic E-state index is 6.40. The number of anilines is 2. The third kappa shape index (κ3) is 5.70. The number of benzene rings is 1. The zero-order valence-corrected chi connectivity index (χ0v) is 25.0. The molecule has 0 radical (unpaired) electrons. The number of nitrogens with two attached hydrogens (primary N) is 1. The first-order valence-electron chi connectivity index (χ1n) is 14.0. The van der Waals surface area contributed by atoms with E-state index in [9.17, 15) is 0 Å². The Bertz CT molecular complexity index is 1300. The Balaban J connectivity index is 1.37. The Kier molecular flexibility index (Phi) is 7.71. The number of likely N-dealkylation sites (tertiary alicyclic amines) is 1. The molecule has 0 saturated carbocycles. The van der Waals surface area contributed by atoms with Crippen LogP contribution in [-0.2, 0) is 24.4 Å². The maximum atomic E-state index is 6.40. The Morgan fingerprint density at radius 1 is 1.16 bits per heavy atom. The fourth-order valence-electron chi connectivity index (χ4n) is 5.66. The lowest BCUT2D eigenvalue weighted by Gasteiger charge is -2.33. The Hall–Kier alpha value is -2.62. The highest BCUT2D eigenvalue weighted by Crippen LogP contribution is 2.37. The van der Waals surface area contributed by atoms with E-state index in [-0.39, 0.29) is 0 Å². The van der Waals surface area contributed by atoms with Gasteiger partial charge in [0.1, 0.15) is 19.2 Å². The van der Waals surface area contributed by atoms with Crippen molar-refractivity contribution in [3.8, 4) is 6.01 Å². The molecule has 0 bridgehead atoms. The average Bonchev–Trinajstić information content (AvgIpc) is 3.45. The largest absolute Gasteiger partial charge is 0.462 e. The summed E-state index contributed by atoms with van der Waals surface area (Å²) in [6.07, 6.45) is 5.34. The molecule has 1 fully saturated rings. The molecule has 9 heteroatoms. The van der Waals surface area contributed by atoms with Crippen LogP contribution in [0.2, 0.25) is 25.7 Å². The molecule has 2 aromatic heterocycles. The van der Waals surface area contributed by atoms with Crippen LogP contribution in [0.15, 0.2) is 18.3 Å². The molecule has 2 N–H and O–H groups in total. The lowest BCUT2D eigenvalue weighted by molar-refractivity contribution is 0.0902. The first-order valence-corrected chi connectivity index (χ1v) is 17.7. The van der Waals surface area contributed by atoms with Crippen LogP contribution in [0.1, 0.15) is 35.2 Å². The van der Waals surface area contributed by atoms with Crippen molar-refractivity contribution >= 4 is 30.5 Å². The highest BCUT2D eigenvalue weighted by molar-refractivity contribution is 6.76. The lowest BCUT2D eigenvalue weighted by Crippen LogP contribution is -2.33. The van der Waals surface area contributed by atoms with E-state index in [1.54, 1.807) is 0 Å². The predicted molar refractivity (Wildman–Crippen MR) is 158 cm³/mol. The van der Waals surface area contributed by atoms with Gasteiger partial charge in [-0.15, -0.1) is 0 Å². The Labute approximate surface area is 228 Å². The number of nitrogens with zero attached hydrogens (tertiary/aromatic N) is 5. The fourth-order valence-corrected chi connectivity index (χ4v) is 6.42. The molecule has 5 rings (SSSR count). The molecule has 2 aliphatic heterocycles. The summed E-state index contributed by atoms with van der Waals surface area (Å²) in [5, 5.41) is 1.26. The number of nitrogen functional groups attached to an aromatic ring is 1. The molecule has 206 valence electrons. The lowest BCUT2D eigenvalue weighted by atomic mass is 9.99. The van der Waals surface area contributed by atoms with Crippen LogP contribution in [0.4, 0.5) is 11.5 Å². The topological polar surface area (TPSA) is 81.7 Å². The number of rotatable bonds is 9. The van der Waals surface area contributed by atoms with E-state index in [1.807, 2.05) is 0 Å². The van der Waals surface area contributed by atoms with Gasteiger partial charge in [-0.05, 0) is 76.0 Å². The van der Waals surface area contributed by atoms with Crippen molar-refractivity contribution in [3.63, 3.8) is 0 Å². The van der Waals surface area contributed by atoms with Crippen LogP contribution >= 0.6 is 0 Å². The molecular weight excluding hydrogens is 492 g/mol. The number of aromatic nitrogens is 3. The first-order chi connectivity index (χ1) is 18.1. The first kappa shape index (κ1) is 27.0. The van der Waals surface area contributed by atoms with Crippen LogP contribution in [0, 0.1) is 13.8 Å². The van der Waals surface area contributed by atoms with E-state index in [4.69, 9.17) is 20.2 Å². The maximum Gasteiger partial charge on any atom is 0.318 e. The second-order valence-corrected chi connectivity index (χ2v) is 17.9. The third-order valence-corrected chi connectivity index (χ3v) is 9.96. The van der Waals surface area contributed by atoms with Gasteiger partial charge in [0.15, 0.2) is 0 Å². The van der Waals surface area contributed by atoms with Crippen LogP contribution in [0.25, 0.3) is 10.9 Å². The summed E-state index contributed by atoms with van der Waals surface area (Å²) in [6, 6.07) is 6.52. The van der Waals surface area contributed by atoms with Crippen molar-refractivity contribution in [2.24, 2.45) is 0 Å². The molecule has 0 spiro atoms. The SMILES string of the molecule is Cc1cc2c(ccn2COCC[Si](C)(C)C)c(N2CCc3c(N)nc(OC[C@@H]4CCCN4C)nc3C2)c1C. The molecular formula is C29H44N6O2Si. The van der Waals surface area contributed by atoms with Crippen LogP contribution < -0.4 is 15.4 Å². The van der Waals surface area contributed by atoms with Gasteiger partial charge in [0.25, 0.3) is 0 Å². The molecule has 0 amide bonds. The number of hydrogen-bond donors (Lipinski definition) is 1. The summed E-state index contributed by atoms with van der Waals surface area (Å²) in [4.78, 5) is 14.1. The average molecular weight is 537 g/mol. The molecule has 8 nitrogen and oxygen atoms in total. The molecule has 1 aromatic carbocycles. The van der Waals surface area contributed by atoms with Gasteiger partial charge in [-0.2, -0.15) is 9.97 Å². The van der Waals surface area contributed by atoms with E-state index in [0.717, 1.165) is 43.8 Å². The van der Waals surface area contributed by atoms with Gasteiger partial charge in [-0.3, -0.25) is 0 Å². The molecule has 38 heavy (non-hydrogen) atoms. The minimum absolute atomic E-state index is 0.399. The highest BCUT2D eigenvalue weighted by atomic mass is 28.3. The summed E-state index contributed by atoms with van der Waals surface area (Å²) in [6.45, 7) is 16.3. The van der Waals surface area contributed by atoms with E-state index in [1.165, 1.54) is 40.2 Å². The monoisotopic (exact) mass is 536 g/mol. The van der Waals surface area contributed by atoms with Crippen LogP contribution in [0.3, 0.4) is 0 Å². The number of fused-ring (bicyclic) bond motifs is 2. The highest BCUT2D eigenvalue weighted by Gasteiger charge is 2.27. The summed E-state index contributed by atoms with van der Waals surface area (Å²) in [5.74, 6) is 0.553. The minimum atomic E-state index is -1.10. The predicted octanol–water partition coefficient (Wildman–Crippen LogP) is 4.98. The van der Waals surface area contributed by atoms with Gasteiger partial charge >= 0.3 is 6.01 Å². The van der Waals surface area contributed by atoms with Gasteiger partial charge in [-0.1, -0.05) is 19.6 Å². The zero-order valence-electron chi connectivity index (χ0n) is 24.0. The Morgan fingerprint density at radius 3 is 2.71 bits per heavy atom. The molecule has 0 unspecified atom stereocenters. The van der Waals surface area contributed by atoms with Crippen molar-refractivity contribution in [2.45, 2.75) is 78.1 Å². The number of hydrogen-bond acceptors (Lipinski definition) is 7. The fraction of sp³-hybridized carbons (Fsp3) is 0.586. The van der Waals surface area contributed by atoms with Gasteiger partial charge in [0, 0.05) is 50.1 Å². The van der Waals surface area contributed by atoms with Crippen LogP contribution in [-0.4, -0.2) is 66.9 Å². The molecule has 2 aliphatic rings. The summed E-state index contributed by atoms with van der Waals surface area (Å²) >= 11 is 0. The van der Waals surface area contributed by atoms with Crippen molar-refractivity contribution in [1.29, 1.82) is 0 Å². The van der Waals surface area contributed by atoms with E-state index in [2.05, 4.69) is 78.2 Å². The van der Waals surface area contributed by atoms with Gasteiger partial charge in [-0.25, -0.2) is 0 Å². The zero-order chi connectivity index (χ0) is 27.0. The van der Waals surface area contributed by atoms with Gasteiger partial charge < -0.3 is 29.6 Å². The number of likely N-dealkylation sites (N-methyl/N-ethyl adjacent to an activating group) is 1. The van der Waals surface area contributed by atoms with E-state index >= 15 is 0 Å². The number of aryl methyl sites for hydroxylation is 1. The van der Waals surface area contributed by atoms with Crippen molar-refractivity contribution < 1.29 is 9.47 Å². The van der Waals surface area contributed by atoms with E-state index in [0.29, 0.717) is 37.8 Å². The summed E-state index contributed by atoms with van der Waals surface area (Å²) in [5.41, 5.74) is 13.5. The molecule has 3 aromatic rings. The molecule has 0 aliphatic carbocycles. The molecule has 4 heterocycles. The van der Waals surface area contributed by atoms with Crippen molar-refractivity contribution in [2.75, 3.05) is 44.0 Å². The molecule has 1 atom stereocenters. The van der Waals surface area contributed by atoms with Crippen molar-refractivity contribution in [1.82, 2.24) is 19.4 Å². The van der Waals surface area contributed by atoms with E-state index < -0.39 is 8.07 Å². The Morgan fingerprint density at radius 2 is 1.97 bits per heavy atom. The second kappa shape index (κ2) is 10.9. The third-order valence-electron chi connectivity index (χ3n) is 8.26. The summed E-state index contributed by atoms with van der Waals surface area (Å²) in [7, 11) is 1.05. The smallest absolute Gasteiger partial charge is 0.318 e. The van der Waals surface area contributed by atoms with Crippen molar-refractivity contribution in [3.05, 3.63) is 40.7 Å². The van der Waals surface area contributed by atoms with Gasteiger partial charge in [0.05, 0.1) is 17.8 Å². The molecule has 1 saturated heterocycles. The quantitative estimate of drug-likeness (QED) is 0.305. The standard InChI is InChI=1S/C29H44N6O2Si/c1-20-16-26-24(10-13-35(26)19-36-14-15-38(4,5)6)27(21(20)2)34-12-9-23-25(17-34)31-29(32-28(23)30)37-18-22-8-7-11-33(22)3/h10,13,16,22H,7-9,11-12,14-15,17-19H2,1-6H3,(H2,30,31,32)/t22-/m0/s1. The van der Waals surface area contributed by atoms with Crippen LogP contribution in [0.5, 0.6) is 6.01 Å². The normalized spacial score (nSPS) is 18.4. The second-order valence-electron chi connectivity index (χ2n) is 12.3.